The van der Waals surface area contributed by atoms with Crippen molar-refractivity contribution in [3.05, 3.63) is 99.2 Å². The molecule has 0 spiro atoms. The Bertz CT molecular complexity index is 1080. The monoisotopic (exact) mass is 448 g/mol. The third kappa shape index (κ3) is 2.40. The number of allylic oxidation sites excluding steroid dienone is 4. The second-order valence-electron chi connectivity index (χ2n) is 8.05. The fraction of sp³-hybridized carbons (Fsp3) is 0.200. The average molecular weight is 448 g/mol. The molecule has 5 rings (SSSR count). The molecule has 0 radical (unpaired) electrons. The standard InChI is InChI=1S/C25H21I/c1-25(2)23-14-19(18-8-7-16-5-3-4-6-17(16)13-18)9-11-21(23)22-12-10-20(26)15-24(22)25/h3-15,21,23H,1-2H3. The van der Waals surface area contributed by atoms with E-state index in [4.69, 9.17) is 0 Å². The zero-order valence-corrected chi connectivity index (χ0v) is 17.2. The first-order chi connectivity index (χ1) is 12.5. The average Bonchev–Trinajstić information content (AvgIpc) is 2.88. The van der Waals surface area contributed by atoms with Crippen LogP contribution < -0.4 is 0 Å². The second-order valence-corrected chi connectivity index (χ2v) is 9.29. The Labute approximate surface area is 168 Å². The Hall–Kier alpha value is -1.87. The molecule has 0 saturated carbocycles. The van der Waals surface area contributed by atoms with E-state index in [0.29, 0.717) is 11.8 Å². The largest absolute Gasteiger partial charge is 0.0758 e. The quantitative estimate of drug-likeness (QED) is 0.349. The molecule has 0 amide bonds. The van der Waals surface area contributed by atoms with Crippen LogP contribution in [0.5, 0.6) is 0 Å². The molecule has 2 unspecified atom stereocenters. The van der Waals surface area contributed by atoms with Crippen molar-refractivity contribution >= 4 is 38.9 Å². The van der Waals surface area contributed by atoms with Crippen molar-refractivity contribution < 1.29 is 0 Å². The second kappa shape index (κ2) is 5.82. The van der Waals surface area contributed by atoms with E-state index in [1.807, 2.05) is 0 Å². The summed E-state index contributed by atoms with van der Waals surface area (Å²) in [5.74, 6) is 1.02. The molecule has 3 aromatic carbocycles. The van der Waals surface area contributed by atoms with Gasteiger partial charge in [0.15, 0.2) is 0 Å². The molecule has 2 aliphatic rings. The minimum Gasteiger partial charge on any atom is -0.0758 e. The smallest absolute Gasteiger partial charge is 0.0133 e. The van der Waals surface area contributed by atoms with Crippen molar-refractivity contribution in [1.29, 1.82) is 0 Å². The summed E-state index contributed by atoms with van der Waals surface area (Å²) in [5.41, 5.74) is 5.85. The molecule has 2 atom stereocenters. The van der Waals surface area contributed by atoms with Gasteiger partial charge in [-0.25, -0.2) is 0 Å². The van der Waals surface area contributed by atoms with Gasteiger partial charge in [-0.3, -0.25) is 0 Å². The predicted molar refractivity (Wildman–Crippen MR) is 119 cm³/mol. The highest BCUT2D eigenvalue weighted by Crippen LogP contribution is 2.54. The molecule has 0 nitrogen and oxygen atoms in total. The normalized spacial score (nSPS) is 22.8. The van der Waals surface area contributed by atoms with Gasteiger partial charge in [-0.2, -0.15) is 0 Å². The lowest BCUT2D eigenvalue weighted by atomic mass is 9.73. The molecule has 0 saturated heterocycles. The summed E-state index contributed by atoms with van der Waals surface area (Å²) in [5, 5.41) is 2.61. The Balaban J connectivity index is 1.60. The summed E-state index contributed by atoms with van der Waals surface area (Å²) in [6, 6.07) is 22.4. The van der Waals surface area contributed by atoms with Crippen LogP contribution in [0.3, 0.4) is 0 Å². The molecular formula is C25H21I. The molecule has 0 aromatic heterocycles. The van der Waals surface area contributed by atoms with Gasteiger partial charge >= 0.3 is 0 Å². The van der Waals surface area contributed by atoms with Crippen LogP contribution in [0.1, 0.15) is 36.5 Å². The van der Waals surface area contributed by atoms with Gasteiger partial charge in [-0.15, -0.1) is 0 Å². The van der Waals surface area contributed by atoms with Gasteiger partial charge < -0.3 is 0 Å². The minimum atomic E-state index is 0.161. The lowest BCUT2D eigenvalue weighted by Crippen LogP contribution is -2.25. The summed E-state index contributed by atoms with van der Waals surface area (Å²) >= 11 is 2.43. The van der Waals surface area contributed by atoms with Crippen molar-refractivity contribution in [2.75, 3.05) is 0 Å². The number of fused-ring (bicyclic) bond motifs is 4. The molecule has 0 fully saturated rings. The van der Waals surface area contributed by atoms with Crippen LogP contribution in [0.4, 0.5) is 0 Å². The van der Waals surface area contributed by atoms with Crippen molar-refractivity contribution in [3.8, 4) is 0 Å². The van der Waals surface area contributed by atoms with Gasteiger partial charge in [0.05, 0.1) is 0 Å². The van der Waals surface area contributed by atoms with E-state index in [1.54, 1.807) is 0 Å². The van der Waals surface area contributed by atoms with Gasteiger partial charge in [0.25, 0.3) is 0 Å². The molecule has 2 aliphatic carbocycles. The lowest BCUT2D eigenvalue weighted by Gasteiger charge is -2.31. The number of halogens is 1. The summed E-state index contributed by atoms with van der Waals surface area (Å²) in [6.07, 6.45) is 7.27. The summed E-state index contributed by atoms with van der Waals surface area (Å²) in [4.78, 5) is 0. The van der Waals surface area contributed by atoms with E-state index in [-0.39, 0.29) is 5.41 Å². The maximum Gasteiger partial charge on any atom is 0.0133 e. The number of benzene rings is 3. The fourth-order valence-corrected chi connectivity index (χ4v) is 5.24. The Morgan fingerprint density at radius 3 is 2.54 bits per heavy atom. The van der Waals surface area contributed by atoms with Gasteiger partial charge in [0.2, 0.25) is 0 Å². The van der Waals surface area contributed by atoms with Crippen LogP contribution in [0.15, 0.2) is 78.9 Å². The van der Waals surface area contributed by atoms with Crippen molar-refractivity contribution in [2.24, 2.45) is 5.92 Å². The van der Waals surface area contributed by atoms with Crippen LogP contribution in [0.2, 0.25) is 0 Å². The lowest BCUT2D eigenvalue weighted by molar-refractivity contribution is 0.395. The maximum atomic E-state index is 2.52. The van der Waals surface area contributed by atoms with Crippen LogP contribution >= 0.6 is 22.6 Å². The molecule has 0 bridgehead atoms. The first kappa shape index (κ1) is 16.3. The molecule has 0 aliphatic heterocycles. The number of hydrogen-bond donors (Lipinski definition) is 0. The summed E-state index contributed by atoms with van der Waals surface area (Å²) in [6.45, 7) is 4.81. The Kier molecular flexibility index (Phi) is 3.65. The third-order valence-corrected chi connectivity index (χ3v) is 6.88. The Morgan fingerprint density at radius 1 is 0.885 bits per heavy atom. The van der Waals surface area contributed by atoms with E-state index in [2.05, 4.69) is 115 Å². The van der Waals surface area contributed by atoms with E-state index >= 15 is 0 Å². The fourth-order valence-electron chi connectivity index (χ4n) is 4.75. The predicted octanol–water partition coefficient (Wildman–Crippen LogP) is 7.09. The van der Waals surface area contributed by atoms with E-state index in [1.165, 1.54) is 36.6 Å². The molecule has 128 valence electrons. The van der Waals surface area contributed by atoms with Crippen LogP contribution in [-0.2, 0) is 5.41 Å². The summed E-state index contributed by atoms with van der Waals surface area (Å²) in [7, 11) is 0. The van der Waals surface area contributed by atoms with Crippen LogP contribution in [0.25, 0.3) is 16.3 Å². The highest BCUT2D eigenvalue weighted by Gasteiger charge is 2.45. The van der Waals surface area contributed by atoms with Crippen molar-refractivity contribution in [3.63, 3.8) is 0 Å². The highest BCUT2D eigenvalue weighted by atomic mass is 127. The first-order valence-corrected chi connectivity index (χ1v) is 10.3. The molecule has 1 heteroatoms. The molecule has 26 heavy (non-hydrogen) atoms. The zero-order valence-electron chi connectivity index (χ0n) is 15.0. The molecule has 0 heterocycles. The molecule has 3 aromatic rings. The van der Waals surface area contributed by atoms with E-state index < -0.39 is 0 Å². The number of hydrogen-bond acceptors (Lipinski definition) is 0. The van der Waals surface area contributed by atoms with Gasteiger partial charge in [-0.1, -0.05) is 74.5 Å². The van der Waals surface area contributed by atoms with Crippen LogP contribution in [-0.4, -0.2) is 0 Å². The molecular weight excluding hydrogens is 427 g/mol. The first-order valence-electron chi connectivity index (χ1n) is 9.23. The highest BCUT2D eigenvalue weighted by molar-refractivity contribution is 14.1. The van der Waals surface area contributed by atoms with Crippen molar-refractivity contribution in [2.45, 2.75) is 25.2 Å². The number of rotatable bonds is 1. The van der Waals surface area contributed by atoms with Gasteiger partial charge in [0.1, 0.15) is 0 Å². The van der Waals surface area contributed by atoms with Crippen LogP contribution in [0, 0.1) is 9.49 Å². The van der Waals surface area contributed by atoms with E-state index in [0.717, 1.165) is 0 Å². The maximum absolute atomic E-state index is 2.52. The Morgan fingerprint density at radius 2 is 1.69 bits per heavy atom. The topological polar surface area (TPSA) is 0 Å². The minimum absolute atomic E-state index is 0.161. The van der Waals surface area contributed by atoms with Crippen molar-refractivity contribution in [1.82, 2.24) is 0 Å². The van der Waals surface area contributed by atoms with Gasteiger partial charge in [0, 0.05) is 9.49 Å². The summed E-state index contributed by atoms with van der Waals surface area (Å²) < 4.78 is 1.33. The zero-order chi connectivity index (χ0) is 17.9. The third-order valence-electron chi connectivity index (χ3n) is 6.21. The SMILES string of the molecule is CC1(C)c2cc(I)ccc2C2C=CC(c3ccc4ccccc4c3)=CC21. The molecule has 0 N–H and O–H groups in total. The van der Waals surface area contributed by atoms with E-state index in [9.17, 15) is 0 Å². The van der Waals surface area contributed by atoms with Gasteiger partial charge in [-0.05, 0) is 85.2 Å².